The van der Waals surface area contributed by atoms with Gasteiger partial charge in [-0.15, -0.1) is 11.3 Å². The van der Waals surface area contributed by atoms with E-state index in [-0.39, 0.29) is 17.0 Å². The van der Waals surface area contributed by atoms with Crippen molar-refractivity contribution in [3.8, 4) is 0 Å². The van der Waals surface area contributed by atoms with Crippen LogP contribution in [0.4, 0.5) is 0 Å². The number of hydrogen-bond donors (Lipinski definition) is 3. The largest absolute Gasteiger partial charge is 0.316 e. The van der Waals surface area contributed by atoms with Crippen molar-refractivity contribution in [2.24, 2.45) is 0 Å². The number of para-hydroxylation sites is 1. The average Bonchev–Trinajstić information content (AvgIpc) is 3.04. The smallest absolute Gasteiger partial charge is 0.314 e. The normalized spacial score (nSPS) is 12.0. The predicted octanol–water partition coefficient (Wildman–Crippen LogP) is 1.30. The van der Waals surface area contributed by atoms with Crippen molar-refractivity contribution >= 4 is 42.6 Å². The van der Waals surface area contributed by atoms with Gasteiger partial charge in [-0.1, -0.05) is 12.1 Å². The summed E-state index contributed by atoms with van der Waals surface area (Å²) in [6.07, 6.45) is 0. The highest BCUT2D eigenvalue weighted by atomic mass is 32.2. The molecule has 0 bridgehead atoms. The predicted molar refractivity (Wildman–Crippen MR) is 98.8 cm³/mol. The first-order valence-corrected chi connectivity index (χ1v) is 9.83. The Hall–Kier alpha value is -2.82. The fourth-order valence-corrected chi connectivity index (χ4v) is 4.51. The summed E-state index contributed by atoms with van der Waals surface area (Å²) in [7, 11) is -3.81. The van der Waals surface area contributed by atoms with Crippen molar-refractivity contribution in [2.75, 3.05) is 0 Å². The number of benzene rings is 2. The van der Waals surface area contributed by atoms with Crippen LogP contribution in [0, 0.1) is 0 Å². The number of rotatable bonds is 4. The lowest BCUT2D eigenvalue weighted by Gasteiger charge is -2.06. The van der Waals surface area contributed by atoms with E-state index in [1.165, 1.54) is 29.5 Å². The monoisotopic (exact) mass is 388 g/mol. The second-order valence-corrected chi connectivity index (χ2v) is 8.40. The zero-order valence-electron chi connectivity index (χ0n) is 13.1. The number of aromatic nitrogens is 3. The van der Waals surface area contributed by atoms with E-state index in [4.69, 9.17) is 0 Å². The molecule has 26 heavy (non-hydrogen) atoms. The molecule has 0 unspecified atom stereocenters. The highest BCUT2D eigenvalue weighted by Gasteiger charge is 2.16. The minimum Gasteiger partial charge on any atom is -0.316 e. The number of fused-ring (bicyclic) bond motifs is 2. The van der Waals surface area contributed by atoms with Crippen LogP contribution in [0.5, 0.6) is 0 Å². The number of nitrogens with zero attached hydrogens (tertiary/aromatic N) is 1. The zero-order chi connectivity index (χ0) is 18.3. The Morgan fingerprint density at radius 1 is 1.00 bits per heavy atom. The van der Waals surface area contributed by atoms with Gasteiger partial charge in [-0.05, 0) is 30.3 Å². The third kappa shape index (κ3) is 3.05. The first-order valence-electron chi connectivity index (χ1n) is 7.53. The fraction of sp³-hybridized carbons (Fsp3) is 0.0625. The molecule has 3 N–H and O–H groups in total. The highest BCUT2D eigenvalue weighted by molar-refractivity contribution is 7.89. The van der Waals surface area contributed by atoms with Gasteiger partial charge in [-0.25, -0.2) is 18.1 Å². The molecule has 0 aliphatic heterocycles. The van der Waals surface area contributed by atoms with Crippen LogP contribution in [0.15, 0.2) is 56.9 Å². The summed E-state index contributed by atoms with van der Waals surface area (Å²) >= 11 is 1.41. The minimum absolute atomic E-state index is 0.0196. The van der Waals surface area contributed by atoms with Gasteiger partial charge in [0, 0.05) is 0 Å². The van der Waals surface area contributed by atoms with E-state index >= 15 is 0 Å². The summed E-state index contributed by atoms with van der Waals surface area (Å²) in [5, 5.41) is 0.647. The van der Waals surface area contributed by atoms with Crippen LogP contribution in [-0.2, 0) is 16.6 Å². The average molecular weight is 388 g/mol. The molecule has 0 radical (unpaired) electrons. The molecule has 8 nitrogen and oxygen atoms in total. The van der Waals surface area contributed by atoms with Crippen LogP contribution in [0.25, 0.3) is 21.3 Å². The van der Waals surface area contributed by atoms with E-state index in [2.05, 4.69) is 19.7 Å². The second kappa shape index (κ2) is 6.16. The summed E-state index contributed by atoms with van der Waals surface area (Å²) in [4.78, 5) is 31.8. The van der Waals surface area contributed by atoms with Crippen LogP contribution >= 0.6 is 11.3 Å². The molecule has 0 aliphatic carbocycles. The standard InChI is InChI=1S/C16H12N4O4S2/c21-15-16(22)20-12-7-9(5-6-10(12)19-15)26(23,24)17-8-14-18-11-3-1-2-4-13(11)25-14/h1-7,17H,8H2,(H,19,21)(H,20,22). The summed E-state index contributed by atoms with van der Waals surface area (Å²) in [6, 6.07) is 11.6. The Morgan fingerprint density at radius 3 is 2.50 bits per heavy atom. The molecule has 132 valence electrons. The Morgan fingerprint density at radius 2 is 1.73 bits per heavy atom. The molecule has 0 fully saturated rings. The molecular formula is C16H12N4O4S2. The van der Waals surface area contributed by atoms with Gasteiger partial charge in [0.15, 0.2) is 0 Å². The van der Waals surface area contributed by atoms with Crippen molar-refractivity contribution < 1.29 is 8.42 Å². The number of H-pyrrole nitrogens is 2. The third-order valence-corrected chi connectivity index (χ3v) is 6.19. The highest BCUT2D eigenvalue weighted by Crippen LogP contribution is 2.22. The van der Waals surface area contributed by atoms with Gasteiger partial charge < -0.3 is 9.97 Å². The zero-order valence-corrected chi connectivity index (χ0v) is 14.8. The minimum atomic E-state index is -3.81. The van der Waals surface area contributed by atoms with E-state index in [0.29, 0.717) is 10.5 Å². The maximum absolute atomic E-state index is 12.5. The second-order valence-electron chi connectivity index (χ2n) is 5.52. The van der Waals surface area contributed by atoms with E-state index in [9.17, 15) is 18.0 Å². The number of aromatic amines is 2. The summed E-state index contributed by atoms with van der Waals surface area (Å²) in [5.74, 6) is 0. The van der Waals surface area contributed by atoms with Crippen molar-refractivity contribution in [2.45, 2.75) is 11.4 Å². The van der Waals surface area contributed by atoms with E-state index in [1.54, 1.807) is 0 Å². The van der Waals surface area contributed by atoms with Crippen LogP contribution in [0.2, 0.25) is 0 Å². The van der Waals surface area contributed by atoms with Gasteiger partial charge in [0.25, 0.3) is 0 Å². The van der Waals surface area contributed by atoms with E-state index in [1.807, 2.05) is 24.3 Å². The molecule has 0 saturated carbocycles. The molecule has 2 heterocycles. The third-order valence-electron chi connectivity index (χ3n) is 3.76. The quantitative estimate of drug-likeness (QED) is 0.455. The molecule has 0 aliphatic rings. The first-order chi connectivity index (χ1) is 12.4. The molecule has 0 atom stereocenters. The lowest BCUT2D eigenvalue weighted by molar-refractivity contribution is 0.581. The summed E-state index contributed by atoms with van der Waals surface area (Å²) in [5.41, 5.74) is -0.229. The van der Waals surface area contributed by atoms with E-state index in [0.717, 1.165) is 10.2 Å². The van der Waals surface area contributed by atoms with Crippen LogP contribution in [0.3, 0.4) is 0 Å². The Labute approximate surface area is 150 Å². The van der Waals surface area contributed by atoms with Crippen molar-refractivity contribution in [1.82, 2.24) is 19.7 Å². The maximum atomic E-state index is 12.5. The topological polar surface area (TPSA) is 125 Å². The lowest BCUT2D eigenvalue weighted by Crippen LogP contribution is -2.29. The maximum Gasteiger partial charge on any atom is 0.314 e. The molecule has 0 spiro atoms. The molecule has 4 aromatic rings. The summed E-state index contributed by atoms with van der Waals surface area (Å²) in [6.45, 7) is 0.0574. The molecular weight excluding hydrogens is 376 g/mol. The number of sulfonamides is 1. The van der Waals surface area contributed by atoms with Gasteiger partial charge >= 0.3 is 11.1 Å². The Kier molecular flexibility index (Phi) is 3.94. The first kappa shape index (κ1) is 16.6. The van der Waals surface area contributed by atoms with Crippen LogP contribution < -0.4 is 15.8 Å². The Balaban J connectivity index is 1.63. The summed E-state index contributed by atoms with van der Waals surface area (Å²) < 4.78 is 28.5. The van der Waals surface area contributed by atoms with Gasteiger partial charge in [-0.2, -0.15) is 0 Å². The van der Waals surface area contributed by atoms with Crippen LogP contribution in [0.1, 0.15) is 5.01 Å². The molecule has 0 saturated heterocycles. The van der Waals surface area contributed by atoms with Gasteiger partial charge in [0.1, 0.15) is 5.01 Å². The fourth-order valence-electron chi connectivity index (χ4n) is 2.50. The molecule has 0 amide bonds. The molecule has 10 heteroatoms. The van der Waals surface area contributed by atoms with Gasteiger partial charge in [0.05, 0.1) is 32.7 Å². The lowest BCUT2D eigenvalue weighted by atomic mass is 10.3. The molecule has 4 rings (SSSR count). The van der Waals surface area contributed by atoms with Gasteiger partial charge in [-0.3, -0.25) is 9.59 Å². The van der Waals surface area contributed by atoms with Crippen molar-refractivity contribution in [3.05, 3.63) is 68.2 Å². The molecule has 2 aromatic carbocycles. The van der Waals surface area contributed by atoms with Crippen molar-refractivity contribution in [3.63, 3.8) is 0 Å². The number of nitrogens with one attached hydrogen (secondary N) is 3. The van der Waals surface area contributed by atoms with E-state index < -0.39 is 21.1 Å². The van der Waals surface area contributed by atoms with Gasteiger partial charge in [0.2, 0.25) is 10.0 Å². The number of hydrogen-bond acceptors (Lipinski definition) is 6. The molecule has 2 aromatic heterocycles. The van der Waals surface area contributed by atoms with Crippen molar-refractivity contribution in [1.29, 1.82) is 0 Å². The van der Waals surface area contributed by atoms with Crippen LogP contribution in [-0.4, -0.2) is 23.4 Å². The Bertz CT molecular complexity index is 1320. The SMILES string of the molecule is O=c1[nH]c2ccc(S(=O)(=O)NCc3nc4ccccc4s3)cc2[nH]c1=O. The number of thiazole rings is 1.